The van der Waals surface area contributed by atoms with E-state index in [9.17, 15) is 18.3 Å². The normalized spacial score (nSPS) is 13.2. The minimum atomic E-state index is -0.784. The smallest absolute Gasteiger partial charge is 0.130 e. The summed E-state index contributed by atoms with van der Waals surface area (Å²) in [4.78, 5) is 1.82. The Labute approximate surface area is 158 Å². The molecule has 0 fully saturated rings. The molecule has 6 heteroatoms. The van der Waals surface area contributed by atoms with Crippen LogP contribution >= 0.6 is 0 Å². The van der Waals surface area contributed by atoms with E-state index in [2.05, 4.69) is 0 Å². The first-order chi connectivity index (χ1) is 12.6. The van der Waals surface area contributed by atoms with E-state index in [-0.39, 0.29) is 31.1 Å². The molecule has 2 rings (SSSR count). The molecule has 3 nitrogen and oxygen atoms in total. The molecular weight excluding hydrogens is 355 g/mol. The zero-order valence-electron chi connectivity index (χ0n) is 15.9. The second kappa shape index (κ2) is 9.35. The van der Waals surface area contributed by atoms with Gasteiger partial charge < -0.3 is 9.84 Å². The molecule has 0 amide bonds. The molecule has 0 radical (unpaired) electrons. The molecule has 0 aromatic heterocycles. The summed E-state index contributed by atoms with van der Waals surface area (Å²) in [6.07, 6.45) is -0.784. The van der Waals surface area contributed by atoms with Gasteiger partial charge in [0.25, 0.3) is 0 Å². The van der Waals surface area contributed by atoms with Crippen molar-refractivity contribution in [3.63, 3.8) is 0 Å². The average Bonchev–Trinajstić information content (AvgIpc) is 2.57. The maximum absolute atomic E-state index is 14.0. The number of ether oxygens (including phenoxy) is 1. The van der Waals surface area contributed by atoms with Crippen molar-refractivity contribution in [2.24, 2.45) is 0 Å². The lowest BCUT2D eigenvalue weighted by Gasteiger charge is -2.27. The maximum Gasteiger partial charge on any atom is 0.130 e. The molecule has 2 aromatic rings. The van der Waals surface area contributed by atoms with Gasteiger partial charge in [0.1, 0.15) is 17.5 Å². The lowest BCUT2D eigenvalue weighted by Crippen LogP contribution is -2.36. The Balaban J connectivity index is 2.10. The van der Waals surface area contributed by atoms with Crippen molar-refractivity contribution in [1.82, 2.24) is 4.90 Å². The molecule has 0 bridgehead atoms. The van der Waals surface area contributed by atoms with Crippen LogP contribution in [0.1, 0.15) is 31.9 Å². The first kappa shape index (κ1) is 21.4. The van der Waals surface area contributed by atoms with Crippen LogP contribution in [0.2, 0.25) is 0 Å². The average molecular weight is 381 g/mol. The van der Waals surface area contributed by atoms with Crippen LogP contribution in [-0.4, -0.2) is 34.9 Å². The van der Waals surface area contributed by atoms with E-state index in [0.29, 0.717) is 12.1 Å². The fourth-order valence-electron chi connectivity index (χ4n) is 2.62. The molecule has 27 heavy (non-hydrogen) atoms. The van der Waals surface area contributed by atoms with Crippen molar-refractivity contribution < 1.29 is 23.0 Å². The summed E-state index contributed by atoms with van der Waals surface area (Å²) in [5.74, 6) is -1.62. The Kier molecular flexibility index (Phi) is 7.41. The zero-order chi connectivity index (χ0) is 20.0. The number of halogens is 3. The van der Waals surface area contributed by atoms with Crippen molar-refractivity contribution in [1.29, 1.82) is 0 Å². The maximum atomic E-state index is 14.0. The van der Waals surface area contributed by atoms with Crippen LogP contribution in [0, 0.1) is 17.5 Å². The Hall–Kier alpha value is -1.89. The van der Waals surface area contributed by atoms with Crippen LogP contribution < -0.4 is 0 Å². The Bertz CT molecular complexity index is 729. The van der Waals surface area contributed by atoms with E-state index < -0.39 is 17.7 Å². The highest BCUT2D eigenvalue weighted by atomic mass is 19.1. The molecule has 0 heterocycles. The largest absolute Gasteiger partial charge is 0.389 e. The molecule has 2 aromatic carbocycles. The van der Waals surface area contributed by atoms with Gasteiger partial charge in [-0.05, 0) is 44.5 Å². The highest BCUT2D eigenvalue weighted by Crippen LogP contribution is 2.16. The molecule has 1 N–H and O–H groups in total. The first-order valence-corrected chi connectivity index (χ1v) is 8.85. The van der Waals surface area contributed by atoms with Crippen LogP contribution in [0.25, 0.3) is 0 Å². The summed E-state index contributed by atoms with van der Waals surface area (Å²) in [7, 11) is 0. The summed E-state index contributed by atoms with van der Waals surface area (Å²) >= 11 is 0. The number of benzene rings is 2. The third kappa shape index (κ3) is 7.71. The van der Waals surface area contributed by atoms with Crippen LogP contribution in [-0.2, 0) is 17.8 Å². The molecule has 0 saturated heterocycles. The molecule has 0 aliphatic carbocycles. The van der Waals surface area contributed by atoms with Crippen molar-refractivity contribution in [3.05, 3.63) is 71.0 Å². The highest BCUT2D eigenvalue weighted by Gasteiger charge is 2.18. The van der Waals surface area contributed by atoms with E-state index in [1.54, 1.807) is 12.1 Å². The van der Waals surface area contributed by atoms with Gasteiger partial charge in [0.05, 0.1) is 18.3 Å². The van der Waals surface area contributed by atoms with Gasteiger partial charge in [-0.15, -0.1) is 0 Å². The van der Waals surface area contributed by atoms with Crippen molar-refractivity contribution in [3.8, 4) is 0 Å². The van der Waals surface area contributed by atoms with Gasteiger partial charge in [-0.3, -0.25) is 4.90 Å². The summed E-state index contributed by atoms with van der Waals surface area (Å²) in [6, 6.07) is 9.41. The van der Waals surface area contributed by atoms with Crippen LogP contribution in [0.3, 0.4) is 0 Å². The van der Waals surface area contributed by atoms with Crippen LogP contribution in [0.15, 0.2) is 42.5 Å². The number of aliphatic hydroxyl groups excluding tert-OH is 1. The number of hydrogen-bond donors (Lipinski definition) is 1. The molecule has 0 aliphatic rings. The third-order valence-corrected chi connectivity index (χ3v) is 3.91. The standard InChI is InChI=1S/C21H26F3NO2/c1-21(2,3)27-14-19(26)13-25(11-15-4-7-17(22)8-5-15)12-16-6-9-18(23)10-20(16)24/h4-10,19,26H,11-14H2,1-3H3/t19-/m1/s1. The fraction of sp³-hybridized carbons (Fsp3) is 0.429. The van der Waals surface area contributed by atoms with E-state index in [4.69, 9.17) is 4.74 Å². The summed E-state index contributed by atoms with van der Waals surface area (Å²) in [5, 5.41) is 10.3. The monoisotopic (exact) mass is 381 g/mol. The van der Waals surface area contributed by atoms with Gasteiger partial charge in [-0.2, -0.15) is 0 Å². The van der Waals surface area contributed by atoms with E-state index in [1.807, 2.05) is 25.7 Å². The molecule has 148 valence electrons. The predicted molar refractivity (Wildman–Crippen MR) is 98.6 cm³/mol. The Morgan fingerprint density at radius 3 is 2.19 bits per heavy atom. The SMILES string of the molecule is CC(C)(C)OC[C@H](O)CN(Cc1ccc(F)cc1)Cc1ccc(F)cc1F. The Morgan fingerprint density at radius 2 is 1.59 bits per heavy atom. The number of rotatable bonds is 8. The minimum absolute atomic E-state index is 0.134. The van der Waals surface area contributed by atoms with Gasteiger partial charge in [-0.1, -0.05) is 18.2 Å². The molecule has 0 spiro atoms. The molecule has 0 saturated carbocycles. The van der Waals surface area contributed by atoms with E-state index >= 15 is 0 Å². The topological polar surface area (TPSA) is 32.7 Å². The number of hydrogen-bond acceptors (Lipinski definition) is 3. The fourth-order valence-corrected chi connectivity index (χ4v) is 2.62. The van der Waals surface area contributed by atoms with Crippen LogP contribution in [0.4, 0.5) is 13.2 Å². The second-order valence-electron chi connectivity index (χ2n) is 7.61. The van der Waals surface area contributed by atoms with Gasteiger partial charge in [0, 0.05) is 31.3 Å². The van der Waals surface area contributed by atoms with E-state index in [1.165, 1.54) is 24.3 Å². The molecule has 1 atom stereocenters. The lowest BCUT2D eigenvalue weighted by atomic mass is 10.1. The van der Waals surface area contributed by atoms with Crippen molar-refractivity contribution in [2.45, 2.75) is 45.6 Å². The lowest BCUT2D eigenvalue weighted by molar-refractivity contribution is -0.0573. The summed E-state index contributed by atoms with van der Waals surface area (Å²) < 4.78 is 45.9. The summed E-state index contributed by atoms with van der Waals surface area (Å²) in [6.45, 7) is 6.59. The highest BCUT2D eigenvalue weighted by molar-refractivity contribution is 5.20. The minimum Gasteiger partial charge on any atom is -0.389 e. The van der Waals surface area contributed by atoms with Crippen molar-refractivity contribution in [2.75, 3.05) is 13.2 Å². The second-order valence-corrected chi connectivity index (χ2v) is 7.61. The van der Waals surface area contributed by atoms with E-state index in [0.717, 1.165) is 11.6 Å². The van der Waals surface area contributed by atoms with Gasteiger partial charge in [-0.25, -0.2) is 13.2 Å². The Morgan fingerprint density at radius 1 is 0.963 bits per heavy atom. The van der Waals surface area contributed by atoms with Gasteiger partial charge >= 0.3 is 0 Å². The summed E-state index contributed by atoms with van der Waals surface area (Å²) in [5.41, 5.74) is 0.761. The zero-order valence-corrected chi connectivity index (χ0v) is 15.9. The van der Waals surface area contributed by atoms with Gasteiger partial charge in [0.15, 0.2) is 0 Å². The quantitative estimate of drug-likeness (QED) is 0.741. The number of nitrogens with zero attached hydrogens (tertiary/aromatic N) is 1. The molecular formula is C21H26F3NO2. The third-order valence-electron chi connectivity index (χ3n) is 3.91. The predicted octanol–water partition coefficient (Wildman–Crippen LogP) is 4.28. The van der Waals surface area contributed by atoms with Gasteiger partial charge in [0.2, 0.25) is 0 Å². The molecule has 0 unspecified atom stereocenters. The number of aliphatic hydroxyl groups is 1. The van der Waals surface area contributed by atoms with Crippen LogP contribution in [0.5, 0.6) is 0 Å². The first-order valence-electron chi connectivity index (χ1n) is 8.85. The van der Waals surface area contributed by atoms with Crippen molar-refractivity contribution >= 4 is 0 Å². The molecule has 0 aliphatic heterocycles.